The van der Waals surface area contributed by atoms with Crippen molar-refractivity contribution in [3.8, 4) is 0 Å². The molecule has 31 heavy (non-hydrogen) atoms. The van der Waals surface area contributed by atoms with Crippen molar-refractivity contribution in [3.05, 3.63) is 111 Å². The standard InChI is InChI=1S/C25H16ClNO3S/c26-16-8-4-9-17(14-16)27-22(19-11-3-7-15-6-1-2-10-18(15)19)21(24(29)25(27)30)23(28)20-12-5-13-31-20/h1-14,22,29H. The number of ketones is 1. The second-order valence-electron chi connectivity index (χ2n) is 7.19. The van der Waals surface area contributed by atoms with Crippen LogP contribution in [0.3, 0.4) is 0 Å². The number of benzene rings is 3. The Kier molecular flexibility index (Phi) is 4.85. The summed E-state index contributed by atoms with van der Waals surface area (Å²) in [6, 6.07) is 23.1. The second-order valence-corrected chi connectivity index (χ2v) is 8.58. The number of aliphatic hydroxyl groups excluding tert-OH is 1. The number of hydrogen-bond acceptors (Lipinski definition) is 4. The first-order valence-corrected chi connectivity index (χ1v) is 10.9. The van der Waals surface area contributed by atoms with Crippen molar-refractivity contribution < 1.29 is 14.7 Å². The predicted molar refractivity (Wildman–Crippen MR) is 124 cm³/mol. The summed E-state index contributed by atoms with van der Waals surface area (Å²) in [6.45, 7) is 0. The minimum atomic E-state index is -0.785. The number of aliphatic hydroxyl groups is 1. The molecule has 5 rings (SSSR count). The Balaban J connectivity index is 1.77. The predicted octanol–water partition coefficient (Wildman–Crippen LogP) is 6.34. The van der Waals surface area contributed by atoms with E-state index in [1.165, 1.54) is 16.2 Å². The minimum Gasteiger partial charge on any atom is -0.503 e. The number of halogens is 1. The van der Waals surface area contributed by atoms with Gasteiger partial charge in [0.15, 0.2) is 5.76 Å². The van der Waals surface area contributed by atoms with Gasteiger partial charge in [-0.15, -0.1) is 11.3 Å². The summed E-state index contributed by atoms with van der Waals surface area (Å²) in [6.07, 6.45) is 0. The van der Waals surface area contributed by atoms with Crippen molar-refractivity contribution in [1.82, 2.24) is 0 Å². The lowest BCUT2D eigenvalue weighted by Gasteiger charge is -2.28. The average Bonchev–Trinajstić information content (AvgIpc) is 3.40. The summed E-state index contributed by atoms with van der Waals surface area (Å²) in [5, 5.41) is 15.0. The minimum absolute atomic E-state index is 0.0729. The van der Waals surface area contributed by atoms with E-state index in [2.05, 4.69) is 0 Å². The summed E-state index contributed by atoms with van der Waals surface area (Å²) in [4.78, 5) is 28.6. The number of anilines is 1. The zero-order valence-electron chi connectivity index (χ0n) is 16.2. The molecule has 1 unspecified atom stereocenters. The summed E-state index contributed by atoms with van der Waals surface area (Å²) >= 11 is 7.47. The first-order valence-electron chi connectivity index (χ1n) is 9.64. The Labute approximate surface area is 187 Å². The summed E-state index contributed by atoms with van der Waals surface area (Å²) in [5.74, 6) is -1.51. The van der Waals surface area contributed by atoms with Crippen molar-refractivity contribution >= 4 is 51.1 Å². The highest BCUT2D eigenvalue weighted by molar-refractivity contribution is 7.12. The van der Waals surface area contributed by atoms with E-state index in [4.69, 9.17) is 11.6 Å². The third-order valence-corrected chi connectivity index (χ3v) is 6.51. The van der Waals surface area contributed by atoms with Crippen LogP contribution in [0.5, 0.6) is 0 Å². The molecule has 4 aromatic rings. The number of nitrogens with zero attached hydrogens (tertiary/aromatic N) is 1. The molecule has 3 aromatic carbocycles. The Hall–Kier alpha value is -3.41. The molecule has 1 aliphatic heterocycles. The lowest BCUT2D eigenvalue weighted by Crippen LogP contribution is -2.31. The summed E-state index contributed by atoms with van der Waals surface area (Å²) < 4.78 is 0. The molecule has 6 heteroatoms. The van der Waals surface area contributed by atoms with Crippen LogP contribution < -0.4 is 4.90 Å². The van der Waals surface area contributed by atoms with Crippen molar-refractivity contribution in [3.63, 3.8) is 0 Å². The van der Waals surface area contributed by atoms with Crippen LogP contribution in [-0.4, -0.2) is 16.8 Å². The lowest BCUT2D eigenvalue weighted by atomic mass is 9.91. The third kappa shape index (κ3) is 3.23. The fraction of sp³-hybridized carbons (Fsp3) is 0.0400. The van der Waals surface area contributed by atoms with Gasteiger partial charge >= 0.3 is 0 Å². The van der Waals surface area contributed by atoms with E-state index >= 15 is 0 Å². The Morgan fingerprint density at radius 1 is 0.968 bits per heavy atom. The van der Waals surface area contributed by atoms with Crippen molar-refractivity contribution in [2.24, 2.45) is 0 Å². The second kappa shape index (κ2) is 7.69. The number of amides is 1. The number of rotatable bonds is 4. The number of Topliss-reactive ketones (excluding diaryl/α,β-unsaturated/α-hetero) is 1. The van der Waals surface area contributed by atoms with E-state index in [0.29, 0.717) is 15.6 Å². The Morgan fingerprint density at radius 2 is 1.74 bits per heavy atom. The van der Waals surface area contributed by atoms with Gasteiger partial charge in [-0.3, -0.25) is 14.5 Å². The monoisotopic (exact) mass is 445 g/mol. The molecule has 1 N–H and O–H groups in total. The topological polar surface area (TPSA) is 57.6 Å². The fourth-order valence-electron chi connectivity index (χ4n) is 4.05. The Bertz CT molecular complexity index is 1350. The highest BCUT2D eigenvalue weighted by Gasteiger charge is 2.45. The number of thiophene rings is 1. The lowest BCUT2D eigenvalue weighted by molar-refractivity contribution is -0.117. The summed E-state index contributed by atoms with van der Waals surface area (Å²) in [7, 11) is 0. The highest BCUT2D eigenvalue weighted by Crippen LogP contribution is 2.44. The smallest absolute Gasteiger partial charge is 0.294 e. The van der Waals surface area contributed by atoms with Gasteiger partial charge in [-0.05, 0) is 46.0 Å². The molecule has 0 saturated heterocycles. The van der Waals surface area contributed by atoms with E-state index in [1.54, 1.807) is 41.8 Å². The van der Waals surface area contributed by atoms with Crippen LogP contribution in [0.1, 0.15) is 21.3 Å². The molecule has 0 spiro atoms. The first-order chi connectivity index (χ1) is 15.1. The zero-order chi connectivity index (χ0) is 21.5. The fourth-order valence-corrected chi connectivity index (χ4v) is 4.92. The van der Waals surface area contributed by atoms with Crippen LogP contribution in [0.15, 0.2) is 95.6 Å². The van der Waals surface area contributed by atoms with Gasteiger partial charge in [0.25, 0.3) is 5.91 Å². The maximum atomic E-state index is 13.4. The molecule has 1 aromatic heterocycles. The number of carbonyl (C=O) groups is 2. The van der Waals surface area contributed by atoms with E-state index in [0.717, 1.165) is 16.3 Å². The third-order valence-electron chi connectivity index (χ3n) is 5.40. The molecule has 152 valence electrons. The van der Waals surface area contributed by atoms with Gasteiger partial charge < -0.3 is 5.11 Å². The largest absolute Gasteiger partial charge is 0.503 e. The molecule has 4 nitrogen and oxygen atoms in total. The van der Waals surface area contributed by atoms with Gasteiger partial charge in [-0.2, -0.15) is 0 Å². The van der Waals surface area contributed by atoms with Gasteiger partial charge in [0.1, 0.15) is 0 Å². The molecule has 0 bridgehead atoms. The molecular weight excluding hydrogens is 430 g/mol. The van der Waals surface area contributed by atoms with Crippen molar-refractivity contribution in [1.29, 1.82) is 0 Å². The van der Waals surface area contributed by atoms with Crippen LogP contribution in [0.25, 0.3) is 10.8 Å². The molecule has 1 amide bonds. The van der Waals surface area contributed by atoms with Crippen LogP contribution in [0.4, 0.5) is 5.69 Å². The van der Waals surface area contributed by atoms with Gasteiger partial charge in [0.05, 0.1) is 16.5 Å². The van der Waals surface area contributed by atoms with E-state index < -0.39 is 17.7 Å². The van der Waals surface area contributed by atoms with E-state index in [-0.39, 0.29) is 11.4 Å². The zero-order valence-corrected chi connectivity index (χ0v) is 17.7. The summed E-state index contributed by atoms with van der Waals surface area (Å²) in [5.41, 5.74) is 1.34. The van der Waals surface area contributed by atoms with Gasteiger partial charge in [0, 0.05) is 10.7 Å². The van der Waals surface area contributed by atoms with Crippen LogP contribution in [-0.2, 0) is 4.79 Å². The molecule has 0 aliphatic carbocycles. The maximum Gasteiger partial charge on any atom is 0.294 e. The molecule has 0 saturated carbocycles. The molecule has 0 radical (unpaired) electrons. The van der Waals surface area contributed by atoms with Gasteiger partial charge in [-0.25, -0.2) is 0 Å². The molecule has 1 atom stereocenters. The quantitative estimate of drug-likeness (QED) is 0.373. The maximum absolute atomic E-state index is 13.4. The normalized spacial score (nSPS) is 16.4. The van der Waals surface area contributed by atoms with Gasteiger partial charge in [0.2, 0.25) is 5.78 Å². The molecule has 1 aliphatic rings. The molecule has 2 heterocycles. The van der Waals surface area contributed by atoms with E-state index in [9.17, 15) is 14.7 Å². The highest BCUT2D eigenvalue weighted by atomic mass is 35.5. The average molecular weight is 446 g/mol. The Morgan fingerprint density at radius 3 is 2.52 bits per heavy atom. The van der Waals surface area contributed by atoms with E-state index in [1.807, 2.05) is 42.5 Å². The molecule has 0 fully saturated rings. The SMILES string of the molecule is O=C(C1=C(O)C(=O)N(c2cccc(Cl)c2)C1c1cccc2ccccc12)c1cccs1. The molecular formula is C25H16ClNO3S. The van der Waals surface area contributed by atoms with Gasteiger partial charge in [-0.1, -0.05) is 66.2 Å². The van der Waals surface area contributed by atoms with Crippen molar-refractivity contribution in [2.45, 2.75) is 6.04 Å². The van der Waals surface area contributed by atoms with Crippen LogP contribution in [0.2, 0.25) is 5.02 Å². The first kappa shape index (κ1) is 19.5. The number of fused-ring (bicyclic) bond motifs is 1. The number of carbonyl (C=O) groups excluding carboxylic acids is 2. The van der Waals surface area contributed by atoms with Crippen LogP contribution in [0, 0.1) is 0 Å². The number of hydrogen-bond donors (Lipinski definition) is 1. The van der Waals surface area contributed by atoms with Crippen molar-refractivity contribution in [2.75, 3.05) is 4.90 Å². The van der Waals surface area contributed by atoms with Crippen LogP contribution >= 0.6 is 22.9 Å².